The van der Waals surface area contributed by atoms with Crippen LogP contribution in [0.4, 0.5) is 11.4 Å². The van der Waals surface area contributed by atoms with Crippen LogP contribution >= 0.6 is 11.6 Å². The van der Waals surface area contributed by atoms with Crippen molar-refractivity contribution in [3.8, 4) is 23.0 Å². The van der Waals surface area contributed by atoms with E-state index in [4.69, 9.17) is 25.8 Å². The van der Waals surface area contributed by atoms with E-state index in [1.165, 1.54) is 7.11 Å². The molecule has 0 aliphatic heterocycles. The molecule has 0 bridgehead atoms. The zero-order valence-electron chi connectivity index (χ0n) is 19.9. The Bertz CT molecular complexity index is 1360. The van der Waals surface area contributed by atoms with Crippen LogP contribution < -0.4 is 19.5 Å². The van der Waals surface area contributed by atoms with Crippen molar-refractivity contribution in [1.82, 2.24) is 0 Å². The van der Waals surface area contributed by atoms with E-state index in [0.717, 1.165) is 28.3 Å². The second-order valence-electron chi connectivity index (χ2n) is 7.91. The highest BCUT2D eigenvalue weighted by Gasteiger charge is 2.14. The van der Waals surface area contributed by atoms with E-state index in [-0.39, 0.29) is 18.3 Å². The lowest BCUT2D eigenvalue weighted by atomic mass is 10.2. The van der Waals surface area contributed by atoms with Crippen molar-refractivity contribution in [2.45, 2.75) is 6.92 Å². The van der Waals surface area contributed by atoms with Crippen molar-refractivity contribution in [2.75, 3.05) is 19.0 Å². The Labute approximate surface area is 215 Å². The zero-order chi connectivity index (χ0) is 25.3. The van der Waals surface area contributed by atoms with Gasteiger partial charge in [-0.25, -0.2) is 0 Å². The summed E-state index contributed by atoms with van der Waals surface area (Å²) in [5, 5.41) is 3.11. The smallest absolute Gasteiger partial charge is 0.262 e. The van der Waals surface area contributed by atoms with Gasteiger partial charge in [0.1, 0.15) is 11.5 Å². The monoisotopic (exact) mass is 500 g/mol. The third-order valence-electron chi connectivity index (χ3n) is 5.08. The summed E-state index contributed by atoms with van der Waals surface area (Å²) in [5.74, 6) is 1.88. The number of hydrogen-bond acceptors (Lipinski definition) is 5. The molecule has 0 unspecified atom stereocenters. The van der Waals surface area contributed by atoms with Crippen LogP contribution in [-0.2, 0) is 4.79 Å². The number of benzene rings is 4. The van der Waals surface area contributed by atoms with Crippen LogP contribution in [0.15, 0.2) is 96.0 Å². The Hall–Kier alpha value is -4.29. The molecular formula is C29H25ClN2O4. The molecule has 0 heterocycles. The number of ether oxygens (including phenoxy) is 3. The van der Waals surface area contributed by atoms with Crippen LogP contribution in [0, 0.1) is 6.92 Å². The molecule has 1 amide bonds. The molecule has 6 nitrogen and oxygen atoms in total. The Morgan fingerprint density at radius 2 is 1.69 bits per heavy atom. The van der Waals surface area contributed by atoms with E-state index in [0.29, 0.717) is 16.5 Å². The molecule has 182 valence electrons. The minimum absolute atomic E-state index is 0.213. The number of para-hydroxylation sites is 1. The second-order valence-corrected chi connectivity index (χ2v) is 8.31. The lowest BCUT2D eigenvalue weighted by molar-refractivity contribution is -0.118. The first-order chi connectivity index (χ1) is 17.5. The highest BCUT2D eigenvalue weighted by Crippen LogP contribution is 2.36. The second kappa shape index (κ2) is 11.9. The summed E-state index contributed by atoms with van der Waals surface area (Å²) in [7, 11) is 1.51. The van der Waals surface area contributed by atoms with Gasteiger partial charge >= 0.3 is 0 Å². The number of amides is 1. The molecule has 0 spiro atoms. The fraction of sp³-hybridized carbons (Fsp3) is 0.103. The van der Waals surface area contributed by atoms with Crippen LogP contribution in [0.1, 0.15) is 11.1 Å². The zero-order valence-corrected chi connectivity index (χ0v) is 20.7. The first-order valence-corrected chi connectivity index (χ1v) is 11.6. The Kier molecular flexibility index (Phi) is 8.21. The fourth-order valence-corrected chi connectivity index (χ4v) is 3.66. The van der Waals surface area contributed by atoms with Crippen molar-refractivity contribution in [3.05, 3.63) is 107 Å². The van der Waals surface area contributed by atoms with Gasteiger partial charge in [0.15, 0.2) is 18.1 Å². The van der Waals surface area contributed by atoms with Crippen LogP contribution in [0.25, 0.3) is 0 Å². The van der Waals surface area contributed by atoms with Crippen LogP contribution in [0.3, 0.4) is 0 Å². The maximum Gasteiger partial charge on any atom is 0.262 e. The quantitative estimate of drug-likeness (QED) is 0.246. The van der Waals surface area contributed by atoms with Crippen molar-refractivity contribution >= 4 is 35.1 Å². The number of aliphatic imine (C=N–C) groups is 1. The van der Waals surface area contributed by atoms with E-state index in [2.05, 4.69) is 10.3 Å². The van der Waals surface area contributed by atoms with E-state index in [1.807, 2.05) is 85.8 Å². The van der Waals surface area contributed by atoms with Gasteiger partial charge in [0.25, 0.3) is 5.91 Å². The molecule has 1 N–H and O–H groups in total. The van der Waals surface area contributed by atoms with Gasteiger partial charge in [-0.1, -0.05) is 41.9 Å². The molecule has 0 saturated heterocycles. The Morgan fingerprint density at radius 3 is 2.42 bits per heavy atom. The predicted molar refractivity (Wildman–Crippen MR) is 144 cm³/mol. The number of methoxy groups -OCH3 is 1. The summed E-state index contributed by atoms with van der Waals surface area (Å²) in [6.45, 7) is 1.74. The number of hydrogen-bond donors (Lipinski definition) is 1. The van der Waals surface area contributed by atoms with Crippen LogP contribution in [0.5, 0.6) is 23.0 Å². The average molecular weight is 501 g/mol. The molecule has 4 rings (SSSR count). The summed E-state index contributed by atoms with van der Waals surface area (Å²) in [6, 6.07) is 28.0. The number of carbonyl (C=O) groups is 1. The van der Waals surface area contributed by atoms with Gasteiger partial charge in [0.05, 0.1) is 17.8 Å². The Morgan fingerprint density at radius 1 is 0.944 bits per heavy atom. The SMILES string of the molecule is COc1cc(C=Nc2ccc(Oc3ccccc3)cc2)cc(Cl)c1OCC(=O)Nc1cccc(C)c1. The molecule has 0 aliphatic carbocycles. The molecule has 36 heavy (non-hydrogen) atoms. The molecule has 0 aliphatic rings. The normalized spacial score (nSPS) is 10.8. The van der Waals surface area contributed by atoms with Crippen molar-refractivity contribution < 1.29 is 19.0 Å². The van der Waals surface area contributed by atoms with Crippen LogP contribution in [-0.4, -0.2) is 25.8 Å². The first kappa shape index (κ1) is 24.8. The molecule has 4 aromatic carbocycles. The number of nitrogens with zero attached hydrogens (tertiary/aromatic N) is 1. The third-order valence-corrected chi connectivity index (χ3v) is 5.36. The maximum absolute atomic E-state index is 12.3. The van der Waals surface area contributed by atoms with Gasteiger partial charge in [-0.2, -0.15) is 0 Å². The van der Waals surface area contributed by atoms with Gasteiger partial charge in [-0.05, 0) is 78.7 Å². The number of aryl methyl sites for hydroxylation is 1. The molecule has 0 aromatic heterocycles. The van der Waals surface area contributed by atoms with E-state index in [1.54, 1.807) is 18.3 Å². The lowest BCUT2D eigenvalue weighted by Gasteiger charge is -2.13. The topological polar surface area (TPSA) is 69.1 Å². The number of anilines is 1. The van der Waals surface area contributed by atoms with Gasteiger partial charge in [0, 0.05) is 11.9 Å². The van der Waals surface area contributed by atoms with Crippen molar-refractivity contribution in [3.63, 3.8) is 0 Å². The molecule has 0 saturated carbocycles. The summed E-state index contributed by atoms with van der Waals surface area (Å²) in [6.07, 6.45) is 1.68. The summed E-state index contributed by atoms with van der Waals surface area (Å²) in [4.78, 5) is 16.8. The summed E-state index contributed by atoms with van der Waals surface area (Å²) in [5.41, 5.74) is 3.22. The maximum atomic E-state index is 12.3. The van der Waals surface area contributed by atoms with Gasteiger partial charge in [-0.15, -0.1) is 0 Å². The third kappa shape index (κ3) is 6.87. The molecule has 7 heteroatoms. The molecule has 0 atom stereocenters. The van der Waals surface area contributed by atoms with Crippen LogP contribution in [0.2, 0.25) is 5.02 Å². The van der Waals surface area contributed by atoms with E-state index >= 15 is 0 Å². The summed E-state index contributed by atoms with van der Waals surface area (Å²) >= 11 is 6.44. The molecule has 4 aromatic rings. The minimum atomic E-state index is -0.302. The van der Waals surface area contributed by atoms with E-state index in [9.17, 15) is 4.79 Å². The predicted octanol–water partition coefficient (Wildman–Crippen LogP) is 7.22. The summed E-state index contributed by atoms with van der Waals surface area (Å²) < 4.78 is 16.9. The Balaban J connectivity index is 1.39. The fourth-order valence-electron chi connectivity index (χ4n) is 3.39. The highest BCUT2D eigenvalue weighted by molar-refractivity contribution is 6.32. The van der Waals surface area contributed by atoms with Crippen molar-refractivity contribution in [1.29, 1.82) is 0 Å². The number of rotatable bonds is 9. The minimum Gasteiger partial charge on any atom is -0.493 e. The average Bonchev–Trinajstić information content (AvgIpc) is 2.88. The van der Waals surface area contributed by atoms with E-state index < -0.39 is 0 Å². The number of halogens is 1. The molecule has 0 radical (unpaired) electrons. The largest absolute Gasteiger partial charge is 0.493 e. The number of nitrogens with one attached hydrogen (secondary N) is 1. The lowest BCUT2D eigenvalue weighted by Crippen LogP contribution is -2.20. The molecule has 0 fully saturated rings. The van der Waals surface area contributed by atoms with Gasteiger partial charge in [-0.3, -0.25) is 9.79 Å². The van der Waals surface area contributed by atoms with Gasteiger partial charge in [0.2, 0.25) is 0 Å². The van der Waals surface area contributed by atoms with Gasteiger partial charge < -0.3 is 19.5 Å². The standard InChI is InChI=1S/C29H25ClN2O4/c1-20-7-6-8-23(15-20)32-28(33)19-35-29-26(30)16-21(17-27(29)34-2)18-31-22-11-13-25(14-12-22)36-24-9-4-3-5-10-24/h3-18H,19H2,1-2H3,(H,32,33). The number of carbonyl (C=O) groups excluding carboxylic acids is 1. The first-order valence-electron chi connectivity index (χ1n) is 11.2. The highest BCUT2D eigenvalue weighted by atomic mass is 35.5. The molecular weight excluding hydrogens is 476 g/mol. The van der Waals surface area contributed by atoms with Crippen molar-refractivity contribution in [2.24, 2.45) is 4.99 Å².